The normalized spacial score (nSPS) is 14.9. The number of nitrogens with one attached hydrogen (secondary N) is 1. The summed E-state index contributed by atoms with van der Waals surface area (Å²) in [4.78, 5) is 13.0. The number of phenols is 1. The maximum atomic E-state index is 13.0. The van der Waals surface area contributed by atoms with Crippen LogP contribution in [0, 0.1) is 0 Å². The van der Waals surface area contributed by atoms with Crippen LogP contribution in [0.4, 0.5) is 5.69 Å². The summed E-state index contributed by atoms with van der Waals surface area (Å²) in [6, 6.07) is 21.5. The molecule has 0 radical (unpaired) electrons. The van der Waals surface area contributed by atoms with E-state index >= 15 is 0 Å². The molecule has 1 amide bonds. The summed E-state index contributed by atoms with van der Waals surface area (Å²) >= 11 is 3.49. The molecule has 2 heterocycles. The zero-order valence-corrected chi connectivity index (χ0v) is 18.1. The van der Waals surface area contributed by atoms with E-state index < -0.39 is 6.04 Å². The average molecular weight is 476 g/mol. The van der Waals surface area contributed by atoms with E-state index in [1.54, 1.807) is 23.9 Å². The minimum absolute atomic E-state index is 0.123. The second kappa shape index (κ2) is 7.59. The molecule has 0 spiro atoms. The molecule has 1 aliphatic rings. The summed E-state index contributed by atoms with van der Waals surface area (Å²) in [6.45, 7) is 0. The van der Waals surface area contributed by atoms with Crippen molar-refractivity contribution < 1.29 is 14.6 Å². The molecule has 0 fully saturated rings. The van der Waals surface area contributed by atoms with E-state index in [2.05, 4.69) is 21.2 Å². The van der Waals surface area contributed by atoms with Gasteiger partial charge in [-0.15, -0.1) is 0 Å². The number of anilines is 1. The number of ether oxygens (including phenoxy) is 1. The Balaban J connectivity index is 1.71. The van der Waals surface area contributed by atoms with Gasteiger partial charge < -0.3 is 15.2 Å². The molecule has 1 atom stereocenters. The van der Waals surface area contributed by atoms with Crippen molar-refractivity contribution in [1.29, 1.82) is 0 Å². The smallest absolute Gasteiger partial charge is 0.253 e. The van der Waals surface area contributed by atoms with Gasteiger partial charge in [0.25, 0.3) is 5.91 Å². The fourth-order valence-electron chi connectivity index (χ4n) is 3.84. The number of nitrogens with zero attached hydrogens (tertiary/aromatic N) is 2. The summed E-state index contributed by atoms with van der Waals surface area (Å²) in [5.41, 5.74) is 4.40. The van der Waals surface area contributed by atoms with Crippen molar-refractivity contribution in [2.24, 2.45) is 0 Å². The van der Waals surface area contributed by atoms with E-state index in [0.29, 0.717) is 17.0 Å². The third-order valence-electron chi connectivity index (χ3n) is 5.36. The number of aromatic hydroxyl groups is 1. The van der Waals surface area contributed by atoms with Crippen LogP contribution in [0.15, 0.2) is 77.3 Å². The summed E-state index contributed by atoms with van der Waals surface area (Å²) in [5.74, 6) is 0.699. The first-order valence-corrected chi connectivity index (χ1v) is 10.5. The van der Waals surface area contributed by atoms with Crippen LogP contribution < -0.4 is 10.1 Å². The van der Waals surface area contributed by atoms with Gasteiger partial charge in [0.1, 0.15) is 11.5 Å². The van der Waals surface area contributed by atoms with E-state index in [4.69, 9.17) is 9.84 Å². The highest BCUT2D eigenvalue weighted by atomic mass is 79.9. The van der Waals surface area contributed by atoms with Crippen molar-refractivity contribution in [1.82, 2.24) is 9.78 Å². The first-order chi connectivity index (χ1) is 15.0. The maximum Gasteiger partial charge on any atom is 0.253 e. The molecule has 1 aromatic heterocycles. The number of phenolic OH excluding ortho intramolecular Hbond substituents is 1. The Morgan fingerprint density at radius 2 is 1.84 bits per heavy atom. The molecule has 4 aromatic rings. The van der Waals surface area contributed by atoms with Gasteiger partial charge >= 0.3 is 0 Å². The van der Waals surface area contributed by atoms with Gasteiger partial charge in [-0.05, 0) is 60.7 Å². The zero-order chi connectivity index (χ0) is 21.5. The lowest BCUT2D eigenvalue weighted by molar-refractivity contribution is -0.117. The van der Waals surface area contributed by atoms with Gasteiger partial charge in [0.2, 0.25) is 0 Å². The van der Waals surface area contributed by atoms with E-state index in [-0.39, 0.29) is 11.7 Å². The Morgan fingerprint density at radius 3 is 2.58 bits per heavy atom. The second-order valence-corrected chi connectivity index (χ2v) is 8.14. The Bertz CT molecular complexity index is 1300. The molecule has 5 rings (SSSR count). The van der Waals surface area contributed by atoms with Crippen molar-refractivity contribution in [2.45, 2.75) is 6.04 Å². The Morgan fingerprint density at radius 1 is 1.06 bits per heavy atom. The quantitative estimate of drug-likeness (QED) is 0.423. The summed E-state index contributed by atoms with van der Waals surface area (Å²) in [6.07, 6.45) is 0. The van der Waals surface area contributed by atoms with Crippen molar-refractivity contribution in [2.75, 3.05) is 12.4 Å². The van der Waals surface area contributed by atoms with Crippen LogP contribution in [0.1, 0.15) is 11.6 Å². The first-order valence-electron chi connectivity index (χ1n) is 9.68. The van der Waals surface area contributed by atoms with Crippen LogP contribution in [0.3, 0.4) is 0 Å². The molecule has 6 nitrogen and oxygen atoms in total. The van der Waals surface area contributed by atoms with Gasteiger partial charge in [-0.3, -0.25) is 4.79 Å². The fourth-order valence-corrected chi connectivity index (χ4v) is 4.22. The number of fused-ring (bicyclic) bond motifs is 1. The molecule has 3 aromatic carbocycles. The highest BCUT2D eigenvalue weighted by Gasteiger charge is 2.35. The highest BCUT2D eigenvalue weighted by molar-refractivity contribution is 9.10. The molecule has 0 unspecified atom stereocenters. The number of carbonyl (C=O) groups excluding carboxylic acids is 1. The first kappa shape index (κ1) is 19.4. The number of aromatic nitrogens is 2. The molecule has 1 aliphatic heterocycles. The lowest BCUT2D eigenvalue weighted by Gasteiger charge is -2.15. The maximum absolute atomic E-state index is 13.0. The largest absolute Gasteiger partial charge is 0.507 e. The van der Waals surface area contributed by atoms with Gasteiger partial charge in [0.05, 0.1) is 18.5 Å². The Labute approximate surface area is 187 Å². The van der Waals surface area contributed by atoms with E-state index in [9.17, 15) is 9.90 Å². The van der Waals surface area contributed by atoms with Crippen LogP contribution in [0.2, 0.25) is 0 Å². The van der Waals surface area contributed by atoms with Crippen molar-refractivity contribution in [3.8, 4) is 34.0 Å². The molecule has 7 heteroatoms. The monoisotopic (exact) mass is 475 g/mol. The minimum Gasteiger partial charge on any atom is -0.507 e. The molecule has 0 saturated heterocycles. The van der Waals surface area contributed by atoms with Gasteiger partial charge in [0.15, 0.2) is 6.04 Å². The van der Waals surface area contributed by atoms with Crippen LogP contribution in [-0.2, 0) is 4.79 Å². The summed E-state index contributed by atoms with van der Waals surface area (Å²) in [7, 11) is 1.62. The minimum atomic E-state index is -0.658. The predicted molar refractivity (Wildman–Crippen MR) is 122 cm³/mol. The topological polar surface area (TPSA) is 76.4 Å². The van der Waals surface area contributed by atoms with E-state index in [0.717, 1.165) is 27.0 Å². The Hall–Kier alpha value is -3.58. The molecule has 0 bridgehead atoms. The number of rotatable bonds is 4. The number of hydrogen-bond acceptors (Lipinski definition) is 4. The van der Waals surface area contributed by atoms with E-state index in [1.165, 1.54) is 0 Å². The van der Waals surface area contributed by atoms with Crippen LogP contribution in [0.25, 0.3) is 22.5 Å². The van der Waals surface area contributed by atoms with Crippen LogP contribution >= 0.6 is 15.9 Å². The fraction of sp³-hybridized carbons (Fsp3) is 0.0833. The van der Waals surface area contributed by atoms with Crippen LogP contribution in [-0.4, -0.2) is 27.9 Å². The van der Waals surface area contributed by atoms with Gasteiger partial charge in [-0.2, -0.15) is 5.10 Å². The number of hydrogen-bond donors (Lipinski definition) is 2. The SMILES string of the molecule is COc1ccc(-c2cc(-c3ccccc3O)n([C@@H]3C(=O)Nc4ccc(Br)cc43)n2)cc1. The Kier molecular flexibility index (Phi) is 4.75. The van der Waals surface area contributed by atoms with Gasteiger partial charge in [0, 0.05) is 26.9 Å². The molecular formula is C24H18BrN3O3. The van der Waals surface area contributed by atoms with Gasteiger partial charge in [-0.1, -0.05) is 28.1 Å². The number of amides is 1. The third-order valence-corrected chi connectivity index (χ3v) is 5.85. The third kappa shape index (κ3) is 3.37. The van der Waals surface area contributed by atoms with Gasteiger partial charge in [-0.25, -0.2) is 4.68 Å². The molecular weight excluding hydrogens is 458 g/mol. The zero-order valence-electron chi connectivity index (χ0n) is 16.5. The van der Waals surface area contributed by atoms with Crippen molar-refractivity contribution in [3.63, 3.8) is 0 Å². The molecule has 2 N–H and O–H groups in total. The molecule has 0 aliphatic carbocycles. The van der Waals surface area contributed by atoms with Crippen molar-refractivity contribution >= 4 is 27.5 Å². The number of carbonyl (C=O) groups is 1. The predicted octanol–water partition coefficient (Wildman–Crippen LogP) is 5.24. The lowest BCUT2D eigenvalue weighted by atomic mass is 10.1. The average Bonchev–Trinajstić information content (AvgIpc) is 3.34. The van der Waals surface area contributed by atoms with E-state index in [1.807, 2.05) is 60.7 Å². The highest BCUT2D eigenvalue weighted by Crippen LogP contribution is 2.40. The standard InChI is InChI=1S/C24H18BrN3O3/c1-31-16-9-6-14(7-10-16)20-13-21(17-4-2-3-5-22(17)29)28(27-20)23-18-12-15(25)8-11-19(18)26-24(23)30/h2-13,23,29H,1H3,(H,26,30)/t23-/m0/s1. The summed E-state index contributed by atoms with van der Waals surface area (Å²) < 4.78 is 7.81. The number of halogens is 1. The molecule has 0 saturated carbocycles. The number of methoxy groups -OCH3 is 1. The van der Waals surface area contributed by atoms with Crippen molar-refractivity contribution in [3.05, 3.63) is 82.8 Å². The molecule has 31 heavy (non-hydrogen) atoms. The lowest BCUT2D eigenvalue weighted by Crippen LogP contribution is -2.21. The molecule has 154 valence electrons. The summed E-state index contributed by atoms with van der Waals surface area (Å²) in [5, 5.41) is 18.3. The second-order valence-electron chi connectivity index (χ2n) is 7.23. The van der Waals surface area contributed by atoms with Crippen LogP contribution in [0.5, 0.6) is 11.5 Å². The number of para-hydroxylation sites is 1. The number of benzene rings is 3.